The van der Waals surface area contributed by atoms with Crippen molar-refractivity contribution in [2.75, 3.05) is 13.1 Å². The van der Waals surface area contributed by atoms with Crippen molar-refractivity contribution in [1.29, 1.82) is 0 Å². The number of nitrogens with zero attached hydrogens (tertiary/aromatic N) is 1. The lowest BCUT2D eigenvalue weighted by molar-refractivity contribution is -0.142. The summed E-state index contributed by atoms with van der Waals surface area (Å²) in [5, 5.41) is 12.1. The van der Waals surface area contributed by atoms with E-state index in [4.69, 9.17) is 5.11 Å². The molecule has 0 aromatic rings. The molecule has 1 aliphatic heterocycles. The summed E-state index contributed by atoms with van der Waals surface area (Å²) in [6, 6.07) is 0.169. The molecule has 0 spiro atoms. The van der Waals surface area contributed by atoms with Gasteiger partial charge in [-0.3, -0.25) is 4.79 Å². The maximum atomic E-state index is 12.3. The zero-order valence-electron chi connectivity index (χ0n) is 13.4. The summed E-state index contributed by atoms with van der Waals surface area (Å²) in [6.45, 7) is 8.35. The lowest BCUT2D eigenvalue weighted by atomic mass is 9.80. The van der Waals surface area contributed by atoms with Crippen LogP contribution in [0.5, 0.6) is 0 Å². The van der Waals surface area contributed by atoms with E-state index in [-0.39, 0.29) is 23.4 Å². The first-order valence-corrected chi connectivity index (χ1v) is 8.05. The van der Waals surface area contributed by atoms with Gasteiger partial charge < -0.3 is 15.3 Å². The van der Waals surface area contributed by atoms with Crippen molar-refractivity contribution in [3.05, 3.63) is 0 Å². The number of urea groups is 1. The highest BCUT2D eigenvalue weighted by molar-refractivity contribution is 5.75. The number of hydrogen-bond acceptors (Lipinski definition) is 2. The van der Waals surface area contributed by atoms with Gasteiger partial charge in [0.25, 0.3) is 0 Å². The molecular formula is C16H28N2O3. The number of carboxylic acid groups (broad SMARTS) is 1. The SMILES string of the molecule is CC(C)(C)C1CCN(C(=O)NC2CCC(C(=O)O)CC2)C1. The number of carbonyl (C=O) groups excluding carboxylic acids is 1. The highest BCUT2D eigenvalue weighted by atomic mass is 16.4. The van der Waals surface area contributed by atoms with E-state index in [2.05, 4.69) is 26.1 Å². The summed E-state index contributed by atoms with van der Waals surface area (Å²) in [6.07, 6.45) is 3.97. The van der Waals surface area contributed by atoms with E-state index in [1.165, 1.54) is 0 Å². The van der Waals surface area contributed by atoms with Crippen molar-refractivity contribution in [3.63, 3.8) is 0 Å². The summed E-state index contributed by atoms with van der Waals surface area (Å²) < 4.78 is 0. The topological polar surface area (TPSA) is 69.6 Å². The van der Waals surface area contributed by atoms with Crippen LogP contribution in [0.1, 0.15) is 52.9 Å². The molecule has 2 N–H and O–H groups in total. The van der Waals surface area contributed by atoms with E-state index in [1.54, 1.807) is 0 Å². The lowest BCUT2D eigenvalue weighted by Gasteiger charge is -2.30. The molecule has 1 saturated heterocycles. The molecule has 1 saturated carbocycles. The van der Waals surface area contributed by atoms with Gasteiger partial charge in [-0.2, -0.15) is 0 Å². The van der Waals surface area contributed by atoms with Gasteiger partial charge in [0, 0.05) is 19.1 Å². The van der Waals surface area contributed by atoms with Crippen molar-refractivity contribution in [2.24, 2.45) is 17.3 Å². The third-order valence-electron chi connectivity index (χ3n) is 5.10. The Morgan fingerprint density at radius 3 is 2.19 bits per heavy atom. The standard InChI is InChI=1S/C16H28N2O3/c1-16(2,3)12-8-9-18(10-12)15(21)17-13-6-4-11(5-7-13)14(19)20/h11-13H,4-10H2,1-3H3,(H,17,21)(H,19,20). The summed E-state index contributed by atoms with van der Waals surface area (Å²) >= 11 is 0. The van der Waals surface area contributed by atoms with Gasteiger partial charge in [0.05, 0.1) is 5.92 Å². The minimum absolute atomic E-state index is 0.0283. The van der Waals surface area contributed by atoms with Crippen molar-refractivity contribution in [1.82, 2.24) is 10.2 Å². The van der Waals surface area contributed by atoms with Gasteiger partial charge in [-0.05, 0) is 43.4 Å². The third-order valence-corrected chi connectivity index (χ3v) is 5.10. The van der Waals surface area contributed by atoms with Crippen molar-refractivity contribution in [2.45, 2.75) is 58.9 Å². The number of carbonyl (C=O) groups is 2. The molecule has 2 rings (SSSR count). The first-order valence-electron chi connectivity index (χ1n) is 8.05. The molecule has 0 radical (unpaired) electrons. The van der Waals surface area contributed by atoms with Gasteiger partial charge in [-0.15, -0.1) is 0 Å². The molecule has 2 aliphatic rings. The molecule has 21 heavy (non-hydrogen) atoms. The second kappa shape index (κ2) is 6.24. The lowest BCUT2D eigenvalue weighted by Crippen LogP contribution is -2.45. The van der Waals surface area contributed by atoms with Crippen LogP contribution in [0.3, 0.4) is 0 Å². The highest BCUT2D eigenvalue weighted by Crippen LogP contribution is 2.33. The van der Waals surface area contributed by atoms with Crippen LogP contribution in [0.4, 0.5) is 4.79 Å². The van der Waals surface area contributed by atoms with Gasteiger partial charge in [-0.1, -0.05) is 20.8 Å². The first-order chi connectivity index (χ1) is 9.77. The van der Waals surface area contributed by atoms with Crippen LogP contribution in [-0.4, -0.2) is 41.1 Å². The Morgan fingerprint density at radius 2 is 1.71 bits per heavy atom. The van der Waals surface area contributed by atoms with Crippen molar-refractivity contribution >= 4 is 12.0 Å². The predicted octanol–water partition coefficient (Wildman–Crippen LogP) is 2.71. The first kappa shape index (κ1) is 16.1. The number of rotatable bonds is 2. The van der Waals surface area contributed by atoms with E-state index in [1.807, 2.05) is 4.90 Å². The fourth-order valence-electron chi connectivity index (χ4n) is 3.40. The number of amides is 2. The van der Waals surface area contributed by atoms with Gasteiger partial charge in [0.2, 0.25) is 0 Å². The molecule has 0 aromatic carbocycles. The number of nitrogens with one attached hydrogen (secondary N) is 1. The van der Waals surface area contributed by atoms with Gasteiger partial charge in [0.1, 0.15) is 0 Å². The van der Waals surface area contributed by atoms with Crippen LogP contribution in [0, 0.1) is 17.3 Å². The van der Waals surface area contributed by atoms with E-state index < -0.39 is 5.97 Å². The maximum absolute atomic E-state index is 12.3. The van der Waals surface area contributed by atoms with E-state index >= 15 is 0 Å². The number of carboxylic acids is 1. The van der Waals surface area contributed by atoms with Crippen LogP contribution in [0.2, 0.25) is 0 Å². The third kappa shape index (κ3) is 4.11. The monoisotopic (exact) mass is 296 g/mol. The Morgan fingerprint density at radius 1 is 1.10 bits per heavy atom. The van der Waals surface area contributed by atoms with Gasteiger partial charge in [0.15, 0.2) is 0 Å². The zero-order chi connectivity index (χ0) is 15.6. The second-order valence-corrected chi connectivity index (χ2v) is 7.63. The average molecular weight is 296 g/mol. The molecule has 0 aromatic heterocycles. The molecule has 2 amide bonds. The Hall–Kier alpha value is -1.26. The molecule has 0 bridgehead atoms. The molecule has 120 valence electrons. The predicted molar refractivity (Wildman–Crippen MR) is 81.0 cm³/mol. The fraction of sp³-hybridized carbons (Fsp3) is 0.875. The largest absolute Gasteiger partial charge is 0.481 e. The smallest absolute Gasteiger partial charge is 0.317 e. The normalized spacial score (nSPS) is 30.2. The second-order valence-electron chi connectivity index (χ2n) is 7.63. The summed E-state index contributed by atoms with van der Waals surface area (Å²) in [5.74, 6) is -0.367. The molecule has 1 aliphatic carbocycles. The van der Waals surface area contributed by atoms with Crippen LogP contribution in [0.15, 0.2) is 0 Å². The van der Waals surface area contributed by atoms with Gasteiger partial charge >= 0.3 is 12.0 Å². The Bertz CT molecular complexity index is 395. The molecule has 5 heteroatoms. The molecule has 1 heterocycles. The minimum Gasteiger partial charge on any atom is -0.481 e. The number of hydrogen-bond donors (Lipinski definition) is 2. The molecule has 1 unspecified atom stereocenters. The quantitative estimate of drug-likeness (QED) is 0.823. The number of likely N-dealkylation sites (tertiary alicyclic amines) is 1. The fourth-order valence-corrected chi connectivity index (χ4v) is 3.40. The van der Waals surface area contributed by atoms with Crippen LogP contribution in [0.25, 0.3) is 0 Å². The molecule has 5 nitrogen and oxygen atoms in total. The molecule has 2 fully saturated rings. The molecule has 1 atom stereocenters. The minimum atomic E-state index is -0.702. The Kier molecular flexibility index (Phi) is 4.79. The van der Waals surface area contributed by atoms with Crippen molar-refractivity contribution < 1.29 is 14.7 Å². The summed E-state index contributed by atoms with van der Waals surface area (Å²) in [7, 11) is 0. The van der Waals surface area contributed by atoms with E-state index in [9.17, 15) is 9.59 Å². The highest BCUT2D eigenvalue weighted by Gasteiger charge is 2.35. The van der Waals surface area contributed by atoms with Crippen LogP contribution in [-0.2, 0) is 4.79 Å². The average Bonchev–Trinajstić information content (AvgIpc) is 2.88. The van der Waals surface area contributed by atoms with E-state index in [0.717, 1.165) is 32.4 Å². The Balaban J connectivity index is 1.77. The summed E-state index contributed by atoms with van der Waals surface area (Å²) in [5.41, 5.74) is 0.245. The summed E-state index contributed by atoms with van der Waals surface area (Å²) in [4.78, 5) is 25.1. The van der Waals surface area contributed by atoms with Crippen LogP contribution < -0.4 is 5.32 Å². The Labute approximate surface area is 127 Å². The van der Waals surface area contributed by atoms with Gasteiger partial charge in [-0.25, -0.2) is 4.79 Å². The van der Waals surface area contributed by atoms with Crippen molar-refractivity contribution in [3.8, 4) is 0 Å². The molecular weight excluding hydrogens is 268 g/mol. The zero-order valence-corrected chi connectivity index (χ0v) is 13.4. The maximum Gasteiger partial charge on any atom is 0.317 e. The number of aliphatic carboxylic acids is 1. The van der Waals surface area contributed by atoms with E-state index in [0.29, 0.717) is 18.8 Å². The van der Waals surface area contributed by atoms with Crippen LogP contribution >= 0.6 is 0 Å².